The zero-order valence-corrected chi connectivity index (χ0v) is 15.2. The molecule has 2 fully saturated rings. The van der Waals surface area contributed by atoms with Gasteiger partial charge in [0.25, 0.3) is 0 Å². The topological polar surface area (TPSA) is 62.1 Å². The maximum Gasteiger partial charge on any atom is 0.225 e. The summed E-state index contributed by atoms with van der Waals surface area (Å²) in [5.41, 5.74) is 3.32. The first kappa shape index (κ1) is 16.5. The molecule has 2 atom stereocenters. The molecule has 1 N–H and O–H groups in total. The molecular formula is C20H26N4O. The quantitative estimate of drug-likeness (QED) is 0.931. The molecule has 25 heavy (non-hydrogen) atoms. The van der Waals surface area contributed by atoms with E-state index in [0.29, 0.717) is 18.4 Å². The number of anilines is 1. The fourth-order valence-corrected chi connectivity index (χ4v) is 4.21. The Labute approximate surface area is 149 Å². The molecule has 132 valence electrons. The van der Waals surface area contributed by atoms with Crippen LogP contribution in [0.5, 0.6) is 0 Å². The average molecular weight is 338 g/mol. The molecule has 1 aliphatic heterocycles. The molecule has 2 aliphatic rings. The van der Waals surface area contributed by atoms with Gasteiger partial charge >= 0.3 is 0 Å². The van der Waals surface area contributed by atoms with Crippen LogP contribution in [0.2, 0.25) is 0 Å². The Morgan fingerprint density at radius 2 is 1.96 bits per heavy atom. The third-order valence-corrected chi connectivity index (χ3v) is 6.03. The standard InChI is InChI=1S/C20H26N4O/c1-13-11-24(12-20(13,25)16-5-4-6-16)19-21-10-9-18(23-19)17-8-7-14(2)22-15(17)3/h7-10,13,16,25H,4-6,11-12H2,1-3H3/t13-,20+/m1/s1. The third kappa shape index (κ3) is 2.80. The van der Waals surface area contributed by atoms with Crippen molar-refractivity contribution in [2.24, 2.45) is 11.8 Å². The molecule has 3 heterocycles. The first-order valence-corrected chi connectivity index (χ1v) is 9.22. The summed E-state index contributed by atoms with van der Waals surface area (Å²) in [4.78, 5) is 15.9. The molecule has 5 nitrogen and oxygen atoms in total. The predicted molar refractivity (Wildman–Crippen MR) is 98.4 cm³/mol. The minimum absolute atomic E-state index is 0.243. The maximum absolute atomic E-state index is 11.2. The fraction of sp³-hybridized carbons (Fsp3) is 0.550. The second kappa shape index (κ2) is 6.06. The van der Waals surface area contributed by atoms with Crippen LogP contribution in [0.4, 0.5) is 5.95 Å². The first-order valence-electron chi connectivity index (χ1n) is 9.22. The van der Waals surface area contributed by atoms with Crippen LogP contribution in [0.15, 0.2) is 24.4 Å². The number of hydrogen-bond donors (Lipinski definition) is 1. The molecule has 0 unspecified atom stereocenters. The highest BCUT2D eigenvalue weighted by Crippen LogP contribution is 2.44. The molecule has 5 heteroatoms. The van der Waals surface area contributed by atoms with E-state index in [1.807, 2.05) is 32.2 Å². The van der Waals surface area contributed by atoms with Crippen LogP contribution < -0.4 is 4.90 Å². The lowest BCUT2D eigenvalue weighted by molar-refractivity contribution is -0.0615. The van der Waals surface area contributed by atoms with Crippen molar-refractivity contribution in [3.05, 3.63) is 35.8 Å². The van der Waals surface area contributed by atoms with Crippen molar-refractivity contribution in [2.45, 2.75) is 45.6 Å². The van der Waals surface area contributed by atoms with Gasteiger partial charge in [-0.15, -0.1) is 0 Å². The monoisotopic (exact) mass is 338 g/mol. The summed E-state index contributed by atoms with van der Waals surface area (Å²) >= 11 is 0. The number of rotatable bonds is 3. The summed E-state index contributed by atoms with van der Waals surface area (Å²) in [7, 11) is 0. The van der Waals surface area contributed by atoms with Gasteiger partial charge < -0.3 is 10.0 Å². The summed E-state index contributed by atoms with van der Waals surface area (Å²) in [6.07, 6.45) is 5.33. The zero-order chi connectivity index (χ0) is 17.6. The largest absolute Gasteiger partial charge is 0.387 e. The highest BCUT2D eigenvalue weighted by molar-refractivity contribution is 5.62. The van der Waals surface area contributed by atoms with E-state index in [9.17, 15) is 5.11 Å². The highest BCUT2D eigenvalue weighted by atomic mass is 16.3. The van der Waals surface area contributed by atoms with E-state index in [1.165, 1.54) is 6.42 Å². The Morgan fingerprint density at radius 1 is 1.16 bits per heavy atom. The van der Waals surface area contributed by atoms with Crippen molar-refractivity contribution in [3.8, 4) is 11.3 Å². The molecule has 0 bridgehead atoms. The van der Waals surface area contributed by atoms with E-state index in [0.717, 1.165) is 42.0 Å². The molecule has 0 spiro atoms. The van der Waals surface area contributed by atoms with Crippen LogP contribution in [-0.2, 0) is 0 Å². The number of aromatic nitrogens is 3. The summed E-state index contributed by atoms with van der Waals surface area (Å²) in [5, 5.41) is 11.2. The SMILES string of the molecule is Cc1ccc(-c2ccnc(N3C[C@@H](C)[C@](O)(C4CCC4)C3)n2)c(C)n1. The molecule has 2 aromatic rings. The van der Waals surface area contributed by atoms with Gasteiger partial charge in [-0.25, -0.2) is 9.97 Å². The number of β-amino-alcohol motifs (C(OH)–C–C–N with tert-alkyl or cyclic N) is 1. The molecule has 1 saturated heterocycles. The predicted octanol–water partition coefficient (Wildman–Crippen LogP) is 3.14. The van der Waals surface area contributed by atoms with E-state index >= 15 is 0 Å². The average Bonchev–Trinajstić information content (AvgIpc) is 2.81. The van der Waals surface area contributed by atoms with Crippen LogP contribution in [0.3, 0.4) is 0 Å². The maximum atomic E-state index is 11.2. The lowest BCUT2D eigenvalue weighted by atomic mass is 9.69. The van der Waals surface area contributed by atoms with Crippen molar-refractivity contribution >= 4 is 5.95 Å². The lowest BCUT2D eigenvalue weighted by Gasteiger charge is -2.41. The van der Waals surface area contributed by atoms with E-state index in [4.69, 9.17) is 4.98 Å². The highest BCUT2D eigenvalue weighted by Gasteiger charge is 2.50. The van der Waals surface area contributed by atoms with Gasteiger partial charge in [0.05, 0.1) is 17.8 Å². The molecule has 1 saturated carbocycles. The Kier molecular flexibility index (Phi) is 3.99. The Bertz CT molecular complexity index is 789. The first-order chi connectivity index (χ1) is 12.0. The normalized spacial score (nSPS) is 26.7. The van der Waals surface area contributed by atoms with Gasteiger partial charge in [0.15, 0.2) is 0 Å². The number of pyridine rings is 1. The Morgan fingerprint density at radius 3 is 2.64 bits per heavy atom. The van der Waals surface area contributed by atoms with Crippen molar-refractivity contribution in [1.29, 1.82) is 0 Å². The zero-order valence-electron chi connectivity index (χ0n) is 15.2. The molecule has 1 aliphatic carbocycles. The van der Waals surface area contributed by atoms with E-state index in [1.54, 1.807) is 0 Å². The van der Waals surface area contributed by atoms with Crippen molar-refractivity contribution in [2.75, 3.05) is 18.0 Å². The van der Waals surface area contributed by atoms with Crippen molar-refractivity contribution in [3.63, 3.8) is 0 Å². The smallest absolute Gasteiger partial charge is 0.225 e. The van der Waals surface area contributed by atoms with Gasteiger partial charge in [0.1, 0.15) is 0 Å². The summed E-state index contributed by atoms with van der Waals surface area (Å²) in [5.74, 6) is 1.38. The van der Waals surface area contributed by atoms with Crippen LogP contribution in [0, 0.1) is 25.7 Å². The van der Waals surface area contributed by atoms with Crippen LogP contribution in [0.25, 0.3) is 11.3 Å². The number of aryl methyl sites for hydroxylation is 2. The van der Waals surface area contributed by atoms with E-state index in [-0.39, 0.29) is 5.92 Å². The summed E-state index contributed by atoms with van der Waals surface area (Å²) in [6, 6.07) is 6.01. The lowest BCUT2D eigenvalue weighted by Crippen LogP contribution is -2.47. The molecule has 0 amide bonds. The van der Waals surface area contributed by atoms with Gasteiger partial charge in [-0.3, -0.25) is 4.98 Å². The number of hydrogen-bond acceptors (Lipinski definition) is 5. The van der Waals surface area contributed by atoms with Gasteiger partial charge in [0.2, 0.25) is 5.95 Å². The molecule has 4 rings (SSSR count). The van der Waals surface area contributed by atoms with Crippen molar-refractivity contribution in [1.82, 2.24) is 15.0 Å². The van der Waals surface area contributed by atoms with Crippen molar-refractivity contribution < 1.29 is 5.11 Å². The Hall–Kier alpha value is -2.01. The van der Waals surface area contributed by atoms with Gasteiger partial charge in [-0.05, 0) is 50.8 Å². The van der Waals surface area contributed by atoms with Gasteiger partial charge in [-0.2, -0.15) is 0 Å². The molecule has 2 aromatic heterocycles. The van der Waals surface area contributed by atoms with Crippen LogP contribution >= 0.6 is 0 Å². The minimum Gasteiger partial charge on any atom is -0.387 e. The second-order valence-electron chi connectivity index (χ2n) is 7.73. The van der Waals surface area contributed by atoms with E-state index < -0.39 is 5.60 Å². The molecule has 0 aromatic carbocycles. The summed E-state index contributed by atoms with van der Waals surface area (Å²) in [6.45, 7) is 7.59. The van der Waals surface area contributed by atoms with Gasteiger partial charge in [-0.1, -0.05) is 13.3 Å². The number of aliphatic hydroxyl groups is 1. The minimum atomic E-state index is -0.598. The molecular weight excluding hydrogens is 312 g/mol. The van der Waals surface area contributed by atoms with Crippen LogP contribution in [0.1, 0.15) is 37.6 Å². The Balaban J connectivity index is 1.62. The summed E-state index contributed by atoms with van der Waals surface area (Å²) < 4.78 is 0. The third-order valence-electron chi connectivity index (χ3n) is 6.03. The molecule has 0 radical (unpaired) electrons. The van der Waals surface area contributed by atoms with E-state index in [2.05, 4.69) is 27.9 Å². The van der Waals surface area contributed by atoms with Crippen LogP contribution in [-0.4, -0.2) is 38.7 Å². The van der Waals surface area contributed by atoms with Gasteiger partial charge in [0, 0.05) is 35.6 Å². The fourth-order valence-electron chi connectivity index (χ4n) is 4.21. The number of nitrogens with zero attached hydrogens (tertiary/aromatic N) is 4. The second-order valence-corrected chi connectivity index (χ2v) is 7.73.